The largest absolute Gasteiger partial charge is 0.477 e. The lowest BCUT2D eigenvalue weighted by atomic mass is 9.93. The normalized spacial score (nSPS) is 15.7. The molecular weight excluding hydrogens is 376 g/mol. The zero-order valence-electron chi connectivity index (χ0n) is 15.0. The highest BCUT2D eigenvalue weighted by Crippen LogP contribution is 2.37. The minimum Gasteiger partial charge on any atom is -0.477 e. The van der Waals surface area contributed by atoms with Crippen LogP contribution in [0, 0.1) is 10.1 Å². The molecule has 4 rings (SSSR count). The highest BCUT2D eigenvalue weighted by molar-refractivity contribution is 7.10. The van der Waals surface area contributed by atoms with Gasteiger partial charge in [0.15, 0.2) is 12.4 Å². The van der Waals surface area contributed by atoms with Crippen molar-refractivity contribution in [3.05, 3.63) is 92.2 Å². The van der Waals surface area contributed by atoms with E-state index in [2.05, 4.69) is 11.4 Å². The van der Waals surface area contributed by atoms with E-state index >= 15 is 0 Å². The van der Waals surface area contributed by atoms with Gasteiger partial charge < -0.3 is 9.64 Å². The lowest BCUT2D eigenvalue weighted by molar-refractivity contribution is -0.385. The van der Waals surface area contributed by atoms with Gasteiger partial charge in [0.05, 0.1) is 11.0 Å². The van der Waals surface area contributed by atoms with Crippen molar-refractivity contribution in [2.24, 2.45) is 0 Å². The number of nitrogens with zero attached hydrogens (tertiary/aromatic N) is 2. The molecule has 7 heteroatoms. The van der Waals surface area contributed by atoms with Crippen molar-refractivity contribution in [3.63, 3.8) is 0 Å². The molecule has 0 spiro atoms. The van der Waals surface area contributed by atoms with Gasteiger partial charge in [-0.25, -0.2) is 0 Å². The third kappa shape index (κ3) is 3.48. The molecule has 1 amide bonds. The molecule has 0 fully saturated rings. The number of para-hydroxylation sites is 2. The Morgan fingerprint density at radius 3 is 2.68 bits per heavy atom. The summed E-state index contributed by atoms with van der Waals surface area (Å²) in [7, 11) is 0. The smallest absolute Gasteiger partial charge is 0.310 e. The number of carbonyl (C=O) groups excluding carboxylic acids is 1. The minimum atomic E-state index is -0.509. The number of nitro groups is 1. The number of hydrogen-bond donors (Lipinski definition) is 0. The number of fused-ring (bicyclic) bond motifs is 1. The van der Waals surface area contributed by atoms with Crippen molar-refractivity contribution < 1.29 is 14.5 Å². The molecule has 0 N–H and O–H groups in total. The van der Waals surface area contributed by atoms with Crippen LogP contribution in [0.15, 0.2) is 66.0 Å². The Labute approximate surface area is 166 Å². The Morgan fingerprint density at radius 2 is 1.89 bits per heavy atom. The fourth-order valence-electron chi connectivity index (χ4n) is 3.53. The van der Waals surface area contributed by atoms with E-state index in [-0.39, 0.29) is 30.0 Å². The SMILES string of the molecule is O=C(COc1ccccc1[N+](=O)[O-])N1CCc2sccc2[C@H]1c1ccccc1. The van der Waals surface area contributed by atoms with Crippen LogP contribution >= 0.6 is 11.3 Å². The molecule has 0 unspecified atom stereocenters. The van der Waals surface area contributed by atoms with Gasteiger partial charge in [-0.2, -0.15) is 0 Å². The third-order valence-corrected chi connectivity index (χ3v) is 5.81. The van der Waals surface area contributed by atoms with Crippen LogP contribution in [0.3, 0.4) is 0 Å². The van der Waals surface area contributed by atoms with E-state index in [9.17, 15) is 14.9 Å². The monoisotopic (exact) mass is 394 g/mol. The van der Waals surface area contributed by atoms with Gasteiger partial charge in [0.25, 0.3) is 5.91 Å². The van der Waals surface area contributed by atoms with E-state index in [1.54, 1.807) is 28.4 Å². The maximum Gasteiger partial charge on any atom is 0.310 e. The van der Waals surface area contributed by atoms with Gasteiger partial charge in [-0.1, -0.05) is 42.5 Å². The van der Waals surface area contributed by atoms with Gasteiger partial charge >= 0.3 is 5.69 Å². The second kappa shape index (κ2) is 7.82. The molecule has 142 valence electrons. The molecule has 28 heavy (non-hydrogen) atoms. The standard InChI is InChI=1S/C21H18N2O4S/c24-20(14-27-18-9-5-4-8-17(18)23(25)26)22-12-10-19-16(11-13-28-19)21(22)15-6-2-1-3-7-15/h1-9,11,13,21H,10,12,14H2/t21-/m1/s1. The number of hydrogen-bond acceptors (Lipinski definition) is 5. The molecule has 1 atom stereocenters. The van der Waals surface area contributed by atoms with E-state index in [1.165, 1.54) is 17.0 Å². The van der Waals surface area contributed by atoms with Gasteiger partial charge in [0.1, 0.15) is 0 Å². The topological polar surface area (TPSA) is 72.7 Å². The van der Waals surface area contributed by atoms with Crippen LogP contribution in [0.5, 0.6) is 5.75 Å². The minimum absolute atomic E-state index is 0.102. The Hall–Kier alpha value is -3.19. The van der Waals surface area contributed by atoms with E-state index in [0.29, 0.717) is 6.54 Å². The second-order valence-corrected chi connectivity index (χ2v) is 7.46. The predicted molar refractivity (Wildman–Crippen MR) is 107 cm³/mol. The van der Waals surface area contributed by atoms with Crippen LogP contribution in [-0.2, 0) is 11.2 Å². The van der Waals surface area contributed by atoms with Gasteiger partial charge in [-0.3, -0.25) is 14.9 Å². The molecular formula is C21H18N2O4S. The van der Waals surface area contributed by atoms with Crippen molar-refractivity contribution in [2.45, 2.75) is 12.5 Å². The van der Waals surface area contributed by atoms with Crippen LogP contribution in [0.2, 0.25) is 0 Å². The average Bonchev–Trinajstić information content (AvgIpc) is 3.21. The molecule has 1 aliphatic rings. The number of nitro benzene ring substituents is 1. The summed E-state index contributed by atoms with van der Waals surface area (Å²) in [5.41, 5.74) is 2.04. The quantitative estimate of drug-likeness (QED) is 0.480. The summed E-state index contributed by atoms with van der Waals surface area (Å²) in [5, 5.41) is 13.2. The molecule has 2 heterocycles. The summed E-state index contributed by atoms with van der Waals surface area (Å²) < 4.78 is 5.54. The molecule has 0 radical (unpaired) electrons. The van der Waals surface area contributed by atoms with Crippen LogP contribution in [-0.4, -0.2) is 28.9 Å². The summed E-state index contributed by atoms with van der Waals surface area (Å²) in [4.78, 5) is 26.7. The van der Waals surface area contributed by atoms with Gasteiger partial charge in [-0.15, -0.1) is 11.3 Å². The number of rotatable bonds is 5. The fraction of sp³-hybridized carbons (Fsp3) is 0.190. The predicted octanol–water partition coefficient (Wildman–Crippen LogP) is 4.21. The highest BCUT2D eigenvalue weighted by atomic mass is 32.1. The second-order valence-electron chi connectivity index (χ2n) is 6.46. The molecule has 2 aromatic carbocycles. The molecule has 3 aromatic rings. The lowest BCUT2D eigenvalue weighted by Crippen LogP contribution is -2.42. The van der Waals surface area contributed by atoms with E-state index < -0.39 is 4.92 Å². The van der Waals surface area contributed by atoms with Crippen molar-refractivity contribution in [3.8, 4) is 5.75 Å². The van der Waals surface area contributed by atoms with Gasteiger partial charge in [-0.05, 0) is 35.1 Å². The summed E-state index contributed by atoms with van der Waals surface area (Å²) >= 11 is 1.71. The maximum absolute atomic E-state index is 13.0. The Morgan fingerprint density at radius 1 is 1.14 bits per heavy atom. The third-order valence-electron chi connectivity index (χ3n) is 4.81. The first-order valence-corrected chi connectivity index (χ1v) is 9.80. The number of benzene rings is 2. The Bertz CT molecular complexity index is 1000. The fourth-order valence-corrected chi connectivity index (χ4v) is 4.44. The molecule has 0 saturated heterocycles. The Kier molecular flexibility index (Phi) is 5.08. The highest BCUT2D eigenvalue weighted by Gasteiger charge is 2.33. The van der Waals surface area contributed by atoms with Crippen LogP contribution in [0.4, 0.5) is 5.69 Å². The maximum atomic E-state index is 13.0. The number of thiophene rings is 1. The van der Waals surface area contributed by atoms with Gasteiger partial charge in [0.2, 0.25) is 0 Å². The van der Waals surface area contributed by atoms with E-state index in [4.69, 9.17) is 4.74 Å². The summed E-state index contributed by atoms with van der Waals surface area (Å²) in [6, 6.07) is 17.9. The first-order valence-electron chi connectivity index (χ1n) is 8.92. The molecule has 6 nitrogen and oxygen atoms in total. The van der Waals surface area contributed by atoms with Crippen LogP contribution in [0.1, 0.15) is 22.0 Å². The molecule has 0 aliphatic carbocycles. The molecule has 1 aliphatic heterocycles. The number of carbonyl (C=O) groups is 1. The average molecular weight is 394 g/mol. The lowest BCUT2D eigenvalue weighted by Gasteiger charge is -2.36. The van der Waals surface area contributed by atoms with Crippen LogP contribution < -0.4 is 4.74 Å². The van der Waals surface area contributed by atoms with Crippen molar-refractivity contribution in [1.29, 1.82) is 0 Å². The first kappa shape index (κ1) is 18.2. The summed E-state index contributed by atoms with van der Waals surface area (Å²) in [6.45, 7) is 0.347. The summed E-state index contributed by atoms with van der Waals surface area (Å²) in [6.07, 6.45) is 0.799. The van der Waals surface area contributed by atoms with Crippen LogP contribution in [0.25, 0.3) is 0 Å². The number of ether oxygens (including phenoxy) is 1. The van der Waals surface area contributed by atoms with Gasteiger partial charge in [0, 0.05) is 17.5 Å². The summed E-state index contributed by atoms with van der Waals surface area (Å²) in [5.74, 6) is -0.0887. The number of amides is 1. The first-order chi connectivity index (χ1) is 13.6. The zero-order valence-corrected chi connectivity index (χ0v) is 15.8. The van der Waals surface area contributed by atoms with Crippen molar-refractivity contribution in [1.82, 2.24) is 4.90 Å². The van der Waals surface area contributed by atoms with Crippen molar-refractivity contribution in [2.75, 3.05) is 13.2 Å². The van der Waals surface area contributed by atoms with E-state index in [1.807, 2.05) is 30.3 Å². The molecule has 1 aromatic heterocycles. The molecule has 0 saturated carbocycles. The zero-order chi connectivity index (χ0) is 19.5. The molecule has 0 bridgehead atoms. The van der Waals surface area contributed by atoms with Crippen molar-refractivity contribution >= 4 is 22.9 Å². The Balaban J connectivity index is 1.57. The van der Waals surface area contributed by atoms with E-state index in [0.717, 1.165) is 17.5 Å².